The third kappa shape index (κ3) is 4.62. The van der Waals surface area contributed by atoms with Gasteiger partial charge in [-0.2, -0.15) is 4.31 Å². The van der Waals surface area contributed by atoms with E-state index in [-0.39, 0.29) is 5.89 Å². The highest BCUT2D eigenvalue weighted by molar-refractivity contribution is 8.71. The van der Waals surface area contributed by atoms with Gasteiger partial charge in [0.1, 0.15) is 0 Å². The Morgan fingerprint density at radius 3 is 2.33 bits per heavy atom. The predicted octanol–water partition coefficient (Wildman–Crippen LogP) is 6.53. The maximum atomic E-state index is 13.3. The van der Waals surface area contributed by atoms with Crippen LogP contribution in [0.5, 0.6) is 0 Å². The van der Waals surface area contributed by atoms with Gasteiger partial charge in [-0.3, -0.25) is 0 Å². The third-order valence-electron chi connectivity index (χ3n) is 6.07. The molecule has 9 heteroatoms. The summed E-state index contributed by atoms with van der Waals surface area (Å²) in [5.41, 5.74) is 4.71. The molecule has 0 saturated carbocycles. The normalized spacial score (nSPS) is 14.0. The molecular formula is C27H21N3O3S3. The minimum atomic E-state index is -3.60. The quantitative estimate of drug-likeness (QED) is 0.232. The lowest BCUT2D eigenvalue weighted by Gasteiger charge is -2.25. The Kier molecular flexibility index (Phi) is 6.22. The third-order valence-corrected chi connectivity index (χ3v) is 10.6. The summed E-state index contributed by atoms with van der Waals surface area (Å²) in [5.74, 6) is 0.669. The molecule has 0 aliphatic carbocycles. The molecule has 180 valence electrons. The molecule has 6 rings (SSSR count). The Bertz CT molecular complexity index is 1610. The van der Waals surface area contributed by atoms with E-state index in [2.05, 4.69) is 22.3 Å². The molecule has 5 aromatic rings. The molecule has 3 heterocycles. The van der Waals surface area contributed by atoms with Crippen LogP contribution in [0.2, 0.25) is 0 Å². The van der Waals surface area contributed by atoms with Crippen LogP contribution >= 0.6 is 22.1 Å². The van der Waals surface area contributed by atoms with Crippen molar-refractivity contribution in [1.29, 1.82) is 0 Å². The van der Waals surface area contributed by atoms with Crippen molar-refractivity contribution in [2.45, 2.75) is 17.9 Å². The average Bonchev–Trinajstić information content (AvgIpc) is 3.59. The number of nitrogens with zero attached hydrogens (tertiary/aromatic N) is 3. The minimum absolute atomic E-state index is 0.286. The summed E-state index contributed by atoms with van der Waals surface area (Å²) in [4.78, 5) is 1.82. The van der Waals surface area contributed by atoms with E-state index in [0.29, 0.717) is 29.4 Å². The van der Waals surface area contributed by atoms with Gasteiger partial charge >= 0.3 is 0 Å². The van der Waals surface area contributed by atoms with Crippen LogP contribution in [0.3, 0.4) is 0 Å². The summed E-state index contributed by atoms with van der Waals surface area (Å²) < 4.78 is 34.1. The summed E-state index contributed by atoms with van der Waals surface area (Å²) in [7, 11) is -2.77. The first-order valence-electron chi connectivity index (χ1n) is 11.4. The van der Waals surface area contributed by atoms with E-state index in [1.165, 1.54) is 9.18 Å². The molecule has 0 spiro atoms. The molecule has 0 bridgehead atoms. The Morgan fingerprint density at radius 1 is 0.806 bits per heavy atom. The lowest BCUT2D eigenvalue weighted by molar-refractivity contribution is 0.404. The van der Waals surface area contributed by atoms with Crippen LogP contribution in [0.15, 0.2) is 99.6 Å². The highest BCUT2D eigenvalue weighted by Gasteiger charge is 2.29. The largest absolute Gasteiger partial charge is 0.416 e. The van der Waals surface area contributed by atoms with Crippen LogP contribution in [0.1, 0.15) is 10.4 Å². The summed E-state index contributed by atoms with van der Waals surface area (Å²) in [5, 5.41) is 10.5. The molecule has 1 aliphatic rings. The van der Waals surface area contributed by atoms with E-state index < -0.39 is 9.06 Å². The van der Waals surface area contributed by atoms with Crippen LogP contribution in [0, 0.1) is 0 Å². The first-order chi connectivity index (χ1) is 17.6. The van der Waals surface area contributed by atoms with E-state index in [4.69, 9.17) is 4.42 Å². The number of fused-ring (bicyclic) bond motifs is 1. The fourth-order valence-corrected chi connectivity index (χ4v) is 8.21. The summed E-state index contributed by atoms with van der Waals surface area (Å²) in [6.45, 7) is 0.884. The lowest BCUT2D eigenvalue weighted by Crippen LogP contribution is -2.33. The standard InChI is InChI=1S/C27H21N3O3S3/c31-36(32,30-16-14-24-22(18-30)15-17-34-24)35-25-9-5-4-8-23(25)27-29-28-26(33-27)21-12-10-20(11-13-21)19-6-2-1-3-7-19/h1-13,15,17H,14,16,18H2. The Balaban J connectivity index is 1.24. The molecule has 0 amide bonds. The predicted molar refractivity (Wildman–Crippen MR) is 144 cm³/mol. The second-order valence-electron chi connectivity index (χ2n) is 8.35. The molecule has 1 aliphatic heterocycles. The van der Waals surface area contributed by atoms with Crippen LogP contribution in [-0.4, -0.2) is 29.5 Å². The van der Waals surface area contributed by atoms with Crippen molar-refractivity contribution < 1.29 is 12.8 Å². The smallest absolute Gasteiger partial charge is 0.272 e. The first kappa shape index (κ1) is 23.2. The second-order valence-corrected chi connectivity index (χ2v) is 13.1. The van der Waals surface area contributed by atoms with Crippen molar-refractivity contribution in [3.8, 4) is 34.0 Å². The second kappa shape index (κ2) is 9.67. The van der Waals surface area contributed by atoms with E-state index in [0.717, 1.165) is 39.5 Å². The van der Waals surface area contributed by atoms with Gasteiger partial charge in [-0.25, -0.2) is 8.42 Å². The molecule has 2 aromatic heterocycles. The van der Waals surface area contributed by atoms with Gasteiger partial charge in [0.2, 0.25) is 11.8 Å². The molecule has 0 N–H and O–H groups in total. The molecule has 0 radical (unpaired) electrons. The fourth-order valence-electron chi connectivity index (χ4n) is 4.18. The number of aromatic nitrogens is 2. The summed E-state index contributed by atoms with van der Waals surface area (Å²) in [6.07, 6.45) is 0.741. The maximum Gasteiger partial charge on any atom is 0.272 e. The fraction of sp³-hybridized carbons (Fsp3) is 0.111. The van der Waals surface area contributed by atoms with Crippen molar-refractivity contribution in [1.82, 2.24) is 14.5 Å². The van der Waals surface area contributed by atoms with Crippen LogP contribution < -0.4 is 0 Å². The van der Waals surface area contributed by atoms with Gasteiger partial charge < -0.3 is 4.42 Å². The average molecular weight is 532 g/mol. The van der Waals surface area contributed by atoms with Crippen molar-refractivity contribution >= 4 is 31.2 Å². The number of rotatable bonds is 6. The lowest BCUT2D eigenvalue weighted by atomic mass is 10.0. The molecule has 6 nitrogen and oxygen atoms in total. The maximum absolute atomic E-state index is 13.3. The van der Waals surface area contributed by atoms with Gasteiger partial charge in [-0.15, -0.1) is 21.5 Å². The van der Waals surface area contributed by atoms with Gasteiger partial charge in [-0.1, -0.05) is 54.6 Å². The van der Waals surface area contributed by atoms with E-state index in [9.17, 15) is 8.42 Å². The first-order valence-corrected chi connectivity index (χ1v) is 15.1. The van der Waals surface area contributed by atoms with Crippen molar-refractivity contribution in [3.05, 3.63) is 101 Å². The van der Waals surface area contributed by atoms with E-state index >= 15 is 0 Å². The molecule has 0 saturated heterocycles. The molecule has 0 fully saturated rings. The summed E-state index contributed by atoms with van der Waals surface area (Å²) in [6, 6.07) is 27.3. The molecule has 0 atom stereocenters. The van der Waals surface area contributed by atoms with Crippen molar-refractivity contribution in [2.75, 3.05) is 6.54 Å². The Morgan fingerprint density at radius 2 is 1.50 bits per heavy atom. The SMILES string of the molecule is O=S(=O)(Sc1ccccc1-c1nnc(-c2ccc(-c3ccccc3)cc2)o1)N1CCc2sccc2C1. The van der Waals surface area contributed by atoms with Crippen LogP contribution in [0.4, 0.5) is 0 Å². The van der Waals surface area contributed by atoms with Gasteiger partial charge in [-0.05, 0) is 58.8 Å². The highest BCUT2D eigenvalue weighted by atomic mass is 33.1. The van der Waals surface area contributed by atoms with E-state index in [1.807, 2.05) is 66.0 Å². The van der Waals surface area contributed by atoms with Gasteiger partial charge in [0.15, 0.2) is 0 Å². The van der Waals surface area contributed by atoms with Crippen LogP contribution in [0.25, 0.3) is 34.0 Å². The highest BCUT2D eigenvalue weighted by Crippen LogP contribution is 2.38. The van der Waals surface area contributed by atoms with Gasteiger partial charge in [0.05, 0.1) is 5.56 Å². The molecule has 0 unspecified atom stereocenters. The number of benzene rings is 3. The Labute approximate surface area is 217 Å². The van der Waals surface area contributed by atoms with Crippen molar-refractivity contribution in [2.24, 2.45) is 0 Å². The zero-order valence-corrected chi connectivity index (χ0v) is 21.5. The zero-order valence-electron chi connectivity index (χ0n) is 19.1. The molecular weight excluding hydrogens is 511 g/mol. The van der Waals surface area contributed by atoms with Crippen molar-refractivity contribution in [3.63, 3.8) is 0 Å². The monoisotopic (exact) mass is 531 g/mol. The molecule has 3 aromatic carbocycles. The number of hydrogen-bond acceptors (Lipinski definition) is 7. The molecule has 36 heavy (non-hydrogen) atoms. The van der Waals surface area contributed by atoms with Crippen LogP contribution in [-0.2, 0) is 22.0 Å². The topological polar surface area (TPSA) is 76.3 Å². The number of thiophene rings is 1. The minimum Gasteiger partial charge on any atom is -0.416 e. The van der Waals surface area contributed by atoms with Gasteiger partial charge in [0, 0.05) is 39.2 Å². The van der Waals surface area contributed by atoms with Gasteiger partial charge in [0.25, 0.3) is 9.06 Å². The zero-order chi connectivity index (χ0) is 24.5. The van der Waals surface area contributed by atoms with E-state index in [1.54, 1.807) is 23.5 Å². The number of hydrogen-bond donors (Lipinski definition) is 0. The Hall–Kier alpha value is -3.24. The summed E-state index contributed by atoms with van der Waals surface area (Å²) >= 11 is 1.69.